The lowest BCUT2D eigenvalue weighted by Gasteiger charge is -2.37. The van der Waals surface area contributed by atoms with Gasteiger partial charge in [-0.2, -0.15) is 0 Å². The van der Waals surface area contributed by atoms with Crippen LogP contribution in [0.2, 0.25) is 0 Å². The fourth-order valence-corrected chi connectivity index (χ4v) is 3.65. The Morgan fingerprint density at radius 3 is 2.57 bits per heavy atom. The highest BCUT2D eigenvalue weighted by molar-refractivity contribution is 5.96. The van der Waals surface area contributed by atoms with Gasteiger partial charge in [0.1, 0.15) is 5.82 Å². The van der Waals surface area contributed by atoms with E-state index in [1.165, 1.54) is 5.56 Å². The smallest absolute Gasteiger partial charge is 0.271 e. The van der Waals surface area contributed by atoms with Gasteiger partial charge in [-0.15, -0.1) is 0 Å². The zero-order valence-corrected chi connectivity index (χ0v) is 18.1. The monoisotopic (exact) mass is 410 g/mol. The predicted octanol–water partition coefficient (Wildman–Crippen LogP) is 2.89. The molecule has 1 aromatic heterocycles. The molecule has 2 amide bonds. The van der Waals surface area contributed by atoms with Crippen molar-refractivity contribution in [3.63, 3.8) is 0 Å². The van der Waals surface area contributed by atoms with Crippen molar-refractivity contribution < 1.29 is 9.59 Å². The molecule has 3 N–H and O–H groups in total. The third-order valence-corrected chi connectivity index (χ3v) is 5.58. The van der Waals surface area contributed by atoms with Crippen LogP contribution in [0.3, 0.4) is 0 Å². The number of amides is 2. The molecule has 0 spiro atoms. The van der Waals surface area contributed by atoms with Gasteiger partial charge in [-0.25, -0.2) is 9.97 Å². The largest absolute Gasteiger partial charge is 0.364 e. The molecule has 1 aliphatic rings. The maximum Gasteiger partial charge on any atom is 0.271 e. The van der Waals surface area contributed by atoms with Gasteiger partial charge in [0, 0.05) is 38.8 Å². The molecule has 8 heteroatoms. The Labute approximate surface area is 177 Å². The average molecular weight is 411 g/mol. The maximum atomic E-state index is 11.9. The second kappa shape index (κ2) is 9.11. The van der Waals surface area contributed by atoms with Gasteiger partial charge < -0.3 is 20.9 Å². The number of nitrogens with one attached hydrogen (secondary N) is 1. The number of piperidine rings is 1. The van der Waals surface area contributed by atoms with E-state index in [9.17, 15) is 9.59 Å². The second-order valence-electron chi connectivity index (χ2n) is 8.06. The van der Waals surface area contributed by atoms with E-state index in [2.05, 4.69) is 29.1 Å². The molecule has 1 aromatic carbocycles. The van der Waals surface area contributed by atoms with Crippen LogP contribution in [0, 0.1) is 0 Å². The average Bonchev–Trinajstić information content (AvgIpc) is 2.73. The number of benzene rings is 1. The van der Waals surface area contributed by atoms with Crippen molar-refractivity contribution in [2.24, 2.45) is 5.73 Å². The second-order valence-corrected chi connectivity index (χ2v) is 8.06. The number of hydrogen-bond donors (Lipinski definition) is 2. The van der Waals surface area contributed by atoms with Crippen LogP contribution in [-0.4, -0.2) is 52.9 Å². The zero-order chi connectivity index (χ0) is 21.8. The van der Waals surface area contributed by atoms with Gasteiger partial charge >= 0.3 is 0 Å². The lowest BCUT2D eigenvalue weighted by molar-refractivity contribution is -0.129. The van der Waals surface area contributed by atoms with E-state index in [-0.39, 0.29) is 17.6 Å². The molecular formula is C22H30N6O2. The number of hydrogen-bond acceptors (Lipinski definition) is 6. The summed E-state index contributed by atoms with van der Waals surface area (Å²) in [5, 5.41) is 3.18. The Hall–Kier alpha value is -3.16. The van der Waals surface area contributed by atoms with Crippen molar-refractivity contribution >= 4 is 29.1 Å². The van der Waals surface area contributed by atoms with Crippen LogP contribution in [0.25, 0.3) is 0 Å². The third kappa shape index (κ3) is 4.87. The van der Waals surface area contributed by atoms with E-state index in [4.69, 9.17) is 5.73 Å². The Morgan fingerprint density at radius 2 is 1.97 bits per heavy atom. The van der Waals surface area contributed by atoms with Crippen LogP contribution in [-0.2, 0) is 4.79 Å². The molecule has 2 aromatic rings. The number of nitrogens with zero attached hydrogens (tertiary/aromatic N) is 4. The van der Waals surface area contributed by atoms with Crippen LogP contribution in [0.5, 0.6) is 0 Å². The highest BCUT2D eigenvalue weighted by Crippen LogP contribution is 2.25. The number of rotatable bonds is 6. The SMILES string of the molecule is CC(=O)N1CCC[C@H](N(C)c2cnc(C(N)=O)c(Nc3ccc(C(C)C)cc3)n2)C1. The number of nitrogens with two attached hydrogens (primary N) is 1. The minimum atomic E-state index is -0.640. The van der Waals surface area contributed by atoms with E-state index in [0.29, 0.717) is 24.1 Å². The highest BCUT2D eigenvalue weighted by atomic mass is 16.2. The Bertz CT molecular complexity index is 912. The van der Waals surface area contributed by atoms with Gasteiger partial charge in [0.2, 0.25) is 5.91 Å². The first-order chi connectivity index (χ1) is 14.3. The van der Waals surface area contributed by atoms with E-state index >= 15 is 0 Å². The summed E-state index contributed by atoms with van der Waals surface area (Å²) in [6, 6.07) is 8.11. The lowest BCUT2D eigenvalue weighted by atomic mass is 10.0. The fourth-order valence-electron chi connectivity index (χ4n) is 3.65. The van der Waals surface area contributed by atoms with Crippen molar-refractivity contribution in [2.75, 3.05) is 30.4 Å². The molecule has 1 fully saturated rings. The number of carbonyl (C=O) groups excluding carboxylic acids is 2. The summed E-state index contributed by atoms with van der Waals surface area (Å²) in [7, 11) is 1.93. The standard InChI is InChI=1S/C22H30N6O2/c1-14(2)16-7-9-17(10-8-16)25-22-20(21(23)30)24-12-19(26-22)27(4)18-6-5-11-28(13-18)15(3)29/h7-10,12,14,18H,5-6,11,13H2,1-4H3,(H2,23,30)(H,25,26)/t18-/m0/s1. The van der Waals surface area contributed by atoms with Crippen molar-refractivity contribution in [1.82, 2.24) is 14.9 Å². The highest BCUT2D eigenvalue weighted by Gasteiger charge is 2.26. The number of aromatic nitrogens is 2. The first-order valence-electron chi connectivity index (χ1n) is 10.3. The number of primary amides is 1. The molecule has 8 nitrogen and oxygen atoms in total. The molecular weight excluding hydrogens is 380 g/mol. The summed E-state index contributed by atoms with van der Waals surface area (Å²) in [5.74, 6) is 0.816. The predicted molar refractivity (Wildman–Crippen MR) is 118 cm³/mol. The molecule has 1 saturated heterocycles. The molecule has 160 valence electrons. The van der Waals surface area contributed by atoms with Crippen molar-refractivity contribution in [1.29, 1.82) is 0 Å². The topological polar surface area (TPSA) is 104 Å². The summed E-state index contributed by atoms with van der Waals surface area (Å²) in [6.45, 7) is 7.29. The van der Waals surface area contributed by atoms with Gasteiger partial charge in [-0.1, -0.05) is 26.0 Å². The molecule has 2 heterocycles. The van der Waals surface area contributed by atoms with Crippen LogP contribution in [0.1, 0.15) is 55.6 Å². The minimum Gasteiger partial charge on any atom is -0.364 e. The summed E-state index contributed by atoms with van der Waals surface area (Å²) < 4.78 is 0. The number of likely N-dealkylation sites (N-methyl/N-ethyl adjacent to an activating group) is 1. The van der Waals surface area contributed by atoms with E-state index in [1.54, 1.807) is 13.1 Å². The van der Waals surface area contributed by atoms with Crippen LogP contribution in [0.4, 0.5) is 17.3 Å². The molecule has 0 radical (unpaired) electrons. The molecule has 1 aliphatic heterocycles. The quantitative estimate of drug-likeness (QED) is 0.759. The number of likely N-dealkylation sites (tertiary alicyclic amines) is 1. The van der Waals surface area contributed by atoms with Gasteiger partial charge in [0.25, 0.3) is 5.91 Å². The normalized spacial score (nSPS) is 16.4. The molecule has 0 unspecified atom stereocenters. The van der Waals surface area contributed by atoms with Gasteiger partial charge in [-0.3, -0.25) is 9.59 Å². The van der Waals surface area contributed by atoms with Crippen molar-refractivity contribution in [3.8, 4) is 0 Å². The fraction of sp³-hybridized carbons (Fsp3) is 0.455. The maximum absolute atomic E-state index is 11.9. The first kappa shape index (κ1) is 21.5. The summed E-state index contributed by atoms with van der Waals surface area (Å²) in [5.41, 5.74) is 7.63. The molecule has 0 bridgehead atoms. The zero-order valence-electron chi connectivity index (χ0n) is 18.1. The molecule has 30 heavy (non-hydrogen) atoms. The number of carbonyl (C=O) groups is 2. The summed E-state index contributed by atoms with van der Waals surface area (Å²) >= 11 is 0. The molecule has 3 rings (SSSR count). The molecule has 0 aliphatic carbocycles. The van der Waals surface area contributed by atoms with Crippen molar-refractivity contribution in [3.05, 3.63) is 41.7 Å². The Balaban J connectivity index is 1.85. The van der Waals surface area contributed by atoms with Crippen molar-refractivity contribution in [2.45, 2.75) is 45.6 Å². The van der Waals surface area contributed by atoms with Gasteiger partial charge in [-0.05, 0) is 36.5 Å². The first-order valence-corrected chi connectivity index (χ1v) is 10.3. The minimum absolute atomic E-state index is 0.0791. The summed E-state index contributed by atoms with van der Waals surface area (Å²) in [4.78, 5) is 36.4. The van der Waals surface area contributed by atoms with E-state index in [1.807, 2.05) is 41.1 Å². The number of anilines is 3. The third-order valence-electron chi connectivity index (χ3n) is 5.58. The van der Waals surface area contributed by atoms with Crippen LogP contribution in [0.15, 0.2) is 30.5 Å². The van der Waals surface area contributed by atoms with Crippen LogP contribution >= 0.6 is 0 Å². The summed E-state index contributed by atoms with van der Waals surface area (Å²) in [6.07, 6.45) is 3.45. The molecule has 1 atom stereocenters. The molecule has 0 saturated carbocycles. The Morgan fingerprint density at radius 1 is 1.27 bits per heavy atom. The van der Waals surface area contributed by atoms with Crippen LogP contribution < -0.4 is 16.0 Å². The van der Waals surface area contributed by atoms with E-state index < -0.39 is 5.91 Å². The Kier molecular flexibility index (Phi) is 6.54. The van der Waals surface area contributed by atoms with Gasteiger partial charge in [0.15, 0.2) is 11.5 Å². The van der Waals surface area contributed by atoms with Gasteiger partial charge in [0.05, 0.1) is 6.20 Å². The lowest BCUT2D eigenvalue weighted by Crippen LogP contribution is -2.48. The van der Waals surface area contributed by atoms with E-state index in [0.717, 1.165) is 25.1 Å².